The van der Waals surface area contributed by atoms with Crippen LogP contribution in [0.25, 0.3) is 10.8 Å². The molecule has 2 aromatic rings. The van der Waals surface area contributed by atoms with E-state index >= 15 is 0 Å². The SMILES string of the molecule is COc1ccc2cc([C@H](C)C(=O)SCC(NC(C)=O)C(=O)O)ccc2c1. The smallest absolute Gasteiger partial charge is 0.327 e. The predicted molar refractivity (Wildman–Crippen MR) is 102 cm³/mol. The summed E-state index contributed by atoms with van der Waals surface area (Å²) in [5.41, 5.74) is 0.853. The maximum atomic E-state index is 12.4. The molecule has 1 amide bonds. The predicted octanol–water partition coefficient (Wildman–Crippen LogP) is 2.80. The van der Waals surface area contributed by atoms with E-state index in [0.717, 1.165) is 33.8 Å². The number of rotatable bonds is 7. The first-order valence-corrected chi connectivity index (χ1v) is 9.04. The van der Waals surface area contributed by atoms with Gasteiger partial charge in [0.15, 0.2) is 5.12 Å². The van der Waals surface area contributed by atoms with Crippen LogP contribution in [0.1, 0.15) is 25.3 Å². The fourth-order valence-electron chi connectivity index (χ4n) is 2.49. The van der Waals surface area contributed by atoms with Crippen molar-refractivity contribution in [1.29, 1.82) is 0 Å². The molecule has 0 heterocycles. The van der Waals surface area contributed by atoms with Crippen LogP contribution in [-0.4, -0.2) is 41.0 Å². The normalized spacial score (nSPS) is 13.0. The van der Waals surface area contributed by atoms with Crippen LogP contribution in [0, 0.1) is 0 Å². The maximum Gasteiger partial charge on any atom is 0.327 e. The number of aliphatic carboxylic acids is 1. The maximum absolute atomic E-state index is 12.4. The summed E-state index contributed by atoms with van der Waals surface area (Å²) >= 11 is 0.915. The topological polar surface area (TPSA) is 92.7 Å². The van der Waals surface area contributed by atoms with Gasteiger partial charge in [-0.05, 0) is 28.5 Å². The number of amides is 1. The van der Waals surface area contributed by atoms with E-state index < -0.39 is 23.8 Å². The van der Waals surface area contributed by atoms with Crippen LogP contribution < -0.4 is 10.1 Å². The summed E-state index contributed by atoms with van der Waals surface area (Å²) in [6, 6.07) is 10.4. The lowest BCUT2D eigenvalue weighted by Gasteiger charge is -2.15. The molecule has 0 spiro atoms. The van der Waals surface area contributed by atoms with Gasteiger partial charge < -0.3 is 15.2 Å². The average molecular weight is 375 g/mol. The summed E-state index contributed by atoms with van der Waals surface area (Å²) in [5.74, 6) is -1.24. The second kappa shape index (κ2) is 8.71. The molecule has 0 aliphatic heterocycles. The van der Waals surface area contributed by atoms with Crippen molar-refractivity contribution >= 4 is 39.5 Å². The number of thioether (sulfide) groups is 1. The molecule has 0 bridgehead atoms. The fourth-order valence-corrected chi connectivity index (χ4v) is 3.43. The zero-order chi connectivity index (χ0) is 19.3. The standard InChI is InChI=1S/C19H21NO5S/c1-11(19(24)26-10-17(18(22)23)20-12(2)21)13-4-5-15-9-16(25-3)7-6-14(15)8-13/h4-9,11,17H,10H2,1-3H3,(H,20,21)(H,22,23)/t11-,17?/m0/s1. The largest absolute Gasteiger partial charge is 0.497 e. The van der Waals surface area contributed by atoms with E-state index in [4.69, 9.17) is 9.84 Å². The molecular formula is C19H21NO5S. The van der Waals surface area contributed by atoms with Gasteiger partial charge in [-0.25, -0.2) is 4.79 Å². The van der Waals surface area contributed by atoms with E-state index in [-0.39, 0.29) is 10.9 Å². The number of hydrogen-bond acceptors (Lipinski definition) is 5. The Balaban J connectivity index is 2.08. The second-order valence-electron chi connectivity index (χ2n) is 5.92. The molecule has 0 saturated carbocycles. The quantitative estimate of drug-likeness (QED) is 0.773. The van der Waals surface area contributed by atoms with Gasteiger partial charge in [-0.1, -0.05) is 43.0 Å². The van der Waals surface area contributed by atoms with Crippen molar-refractivity contribution in [2.75, 3.05) is 12.9 Å². The number of benzene rings is 2. The molecule has 2 N–H and O–H groups in total. The van der Waals surface area contributed by atoms with Crippen LogP contribution in [-0.2, 0) is 14.4 Å². The van der Waals surface area contributed by atoms with Crippen LogP contribution >= 0.6 is 11.8 Å². The number of carbonyl (C=O) groups excluding carboxylic acids is 2. The minimum atomic E-state index is -1.16. The molecule has 0 radical (unpaired) electrons. The molecule has 0 fully saturated rings. The molecule has 2 rings (SSSR count). The Morgan fingerprint density at radius 2 is 1.81 bits per heavy atom. The summed E-state index contributed by atoms with van der Waals surface area (Å²) in [5, 5.41) is 13.3. The number of nitrogens with one attached hydrogen (secondary N) is 1. The molecule has 2 aromatic carbocycles. The first-order chi connectivity index (χ1) is 12.3. The number of ether oxygens (including phenoxy) is 1. The third-order valence-electron chi connectivity index (χ3n) is 3.99. The zero-order valence-corrected chi connectivity index (χ0v) is 15.6. The summed E-state index contributed by atoms with van der Waals surface area (Å²) < 4.78 is 5.20. The number of carboxylic acid groups (broad SMARTS) is 1. The van der Waals surface area contributed by atoms with Crippen molar-refractivity contribution < 1.29 is 24.2 Å². The van der Waals surface area contributed by atoms with Crippen LogP contribution in [0.3, 0.4) is 0 Å². The van der Waals surface area contributed by atoms with Crippen LogP contribution in [0.5, 0.6) is 5.75 Å². The van der Waals surface area contributed by atoms with Crippen molar-refractivity contribution in [1.82, 2.24) is 5.32 Å². The molecule has 0 aliphatic rings. The summed E-state index contributed by atoms with van der Waals surface area (Å²) in [7, 11) is 1.61. The highest BCUT2D eigenvalue weighted by Crippen LogP contribution is 2.28. The second-order valence-corrected chi connectivity index (χ2v) is 6.94. The first-order valence-electron chi connectivity index (χ1n) is 8.06. The summed E-state index contributed by atoms with van der Waals surface area (Å²) in [6.07, 6.45) is 0. The molecule has 26 heavy (non-hydrogen) atoms. The molecule has 1 unspecified atom stereocenters. The molecule has 0 saturated heterocycles. The minimum Gasteiger partial charge on any atom is -0.497 e. The average Bonchev–Trinajstić information content (AvgIpc) is 2.62. The zero-order valence-electron chi connectivity index (χ0n) is 14.8. The van der Waals surface area contributed by atoms with Gasteiger partial charge in [0, 0.05) is 12.7 Å². The highest BCUT2D eigenvalue weighted by Gasteiger charge is 2.23. The molecule has 0 aromatic heterocycles. The van der Waals surface area contributed by atoms with Crippen LogP contribution in [0.15, 0.2) is 36.4 Å². The lowest BCUT2D eigenvalue weighted by molar-refractivity contribution is -0.140. The van der Waals surface area contributed by atoms with Gasteiger partial charge in [0.25, 0.3) is 0 Å². The van der Waals surface area contributed by atoms with Crippen LogP contribution in [0.2, 0.25) is 0 Å². The number of carboxylic acids is 1. The van der Waals surface area contributed by atoms with E-state index in [1.54, 1.807) is 14.0 Å². The molecule has 6 nitrogen and oxygen atoms in total. The Bertz CT molecular complexity index is 836. The highest BCUT2D eigenvalue weighted by molar-refractivity contribution is 8.13. The Kier molecular flexibility index (Phi) is 6.63. The van der Waals surface area contributed by atoms with E-state index in [1.807, 2.05) is 36.4 Å². The van der Waals surface area contributed by atoms with Crippen molar-refractivity contribution in [3.05, 3.63) is 42.0 Å². The summed E-state index contributed by atoms with van der Waals surface area (Å²) in [6.45, 7) is 3.03. The van der Waals surface area contributed by atoms with Crippen LogP contribution in [0.4, 0.5) is 0 Å². The Hall–Kier alpha value is -2.54. The third-order valence-corrected chi connectivity index (χ3v) is 5.13. The summed E-state index contributed by atoms with van der Waals surface area (Å²) in [4.78, 5) is 34.6. The van der Waals surface area contributed by atoms with E-state index in [1.165, 1.54) is 6.92 Å². The number of hydrogen-bond donors (Lipinski definition) is 2. The van der Waals surface area contributed by atoms with Crippen molar-refractivity contribution in [2.45, 2.75) is 25.8 Å². The van der Waals surface area contributed by atoms with E-state index in [9.17, 15) is 14.4 Å². The third kappa shape index (κ3) is 4.98. The number of methoxy groups -OCH3 is 1. The number of carbonyl (C=O) groups is 3. The first kappa shape index (κ1) is 19.8. The van der Waals surface area contributed by atoms with Crippen molar-refractivity contribution in [3.8, 4) is 5.75 Å². The van der Waals surface area contributed by atoms with Gasteiger partial charge in [0.2, 0.25) is 5.91 Å². The Morgan fingerprint density at radius 3 is 2.42 bits per heavy atom. The molecular weight excluding hydrogens is 354 g/mol. The van der Waals surface area contributed by atoms with Gasteiger partial charge in [-0.15, -0.1) is 0 Å². The van der Waals surface area contributed by atoms with Gasteiger partial charge in [-0.3, -0.25) is 9.59 Å². The van der Waals surface area contributed by atoms with Gasteiger partial charge in [-0.2, -0.15) is 0 Å². The lowest BCUT2D eigenvalue weighted by Crippen LogP contribution is -2.41. The van der Waals surface area contributed by atoms with Crippen molar-refractivity contribution in [2.24, 2.45) is 0 Å². The molecule has 0 aliphatic carbocycles. The molecule has 138 valence electrons. The van der Waals surface area contributed by atoms with Crippen molar-refractivity contribution in [3.63, 3.8) is 0 Å². The van der Waals surface area contributed by atoms with Gasteiger partial charge >= 0.3 is 5.97 Å². The molecule has 7 heteroatoms. The monoisotopic (exact) mass is 375 g/mol. The fraction of sp³-hybridized carbons (Fsp3) is 0.316. The molecule has 2 atom stereocenters. The van der Waals surface area contributed by atoms with E-state index in [2.05, 4.69) is 5.32 Å². The Morgan fingerprint density at radius 1 is 1.15 bits per heavy atom. The minimum absolute atomic E-state index is 0.0110. The van der Waals surface area contributed by atoms with Gasteiger partial charge in [0.1, 0.15) is 11.8 Å². The number of fused-ring (bicyclic) bond motifs is 1. The van der Waals surface area contributed by atoms with E-state index in [0.29, 0.717) is 0 Å². The highest BCUT2D eigenvalue weighted by atomic mass is 32.2. The van der Waals surface area contributed by atoms with Gasteiger partial charge in [0.05, 0.1) is 13.0 Å². The lowest BCUT2D eigenvalue weighted by atomic mass is 9.99. The Labute approximate surface area is 155 Å².